The van der Waals surface area contributed by atoms with Gasteiger partial charge in [-0.15, -0.1) is 0 Å². The van der Waals surface area contributed by atoms with Crippen LogP contribution in [0.5, 0.6) is 34.5 Å². The van der Waals surface area contributed by atoms with Crippen LogP contribution >= 0.6 is 0 Å². The Kier molecular flexibility index (Phi) is 7.68. The van der Waals surface area contributed by atoms with Crippen LogP contribution in [0.2, 0.25) is 0 Å². The Morgan fingerprint density at radius 3 is 1.17 bits per heavy atom. The average Bonchev–Trinajstić information content (AvgIpc) is 2.86. The second kappa shape index (κ2) is 10.5. The van der Waals surface area contributed by atoms with Gasteiger partial charge in [-0.25, -0.2) is 0 Å². The Bertz CT molecular complexity index is 1020. The lowest BCUT2D eigenvalue weighted by molar-refractivity contribution is -0.189. The van der Waals surface area contributed by atoms with Crippen molar-refractivity contribution in [2.75, 3.05) is 42.7 Å². The Balaban J connectivity index is 2.16. The summed E-state index contributed by atoms with van der Waals surface area (Å²) in [5.41, 5.74) is 1.02. The molecule has 0 aliphatic carbocycles. The van der Waals surface area contributed by atoms with Gasteiger partial charge in [0.05, 0.1) is 53.8 Å². The number of ether oxygens (including phenoxy) is 8. The third kappa shape index (κ3) is 5.40. The molecule has 9 heteroatoms. The Morgan fingerprint density at radius 2 is 0.914 bits per heavy atom. The molecule has 1 fully saturated rings. The van der Waals surface area contributed by atoms with Gasteiger partial charge in [-0.05, 0) is 12.2 Å². The maximum absolute atomic E-state index is 13.5. The van der Waals surface area contributed by atoms with Crippen LogP contribution in [0.3, 0.4) is 0 Å². The van der Waals surface area contributed by atoms with Crippen molar-refractivity contribution < 1.29 is 42.7 Å². The second-order valence-corrected chi connectivity index (χ2v) is 7.84. The SMILES string of the molecule is COc1cc(OC)c(/C=C2\OC(C)(C)O/C(=C\c3c(OC)cc(OC)cc3OC)C2=O)c(OC)c1. The molecule has 1 aliphatic rings. The smallest absolute Gasteiger partial charge is 0.262 e. The molecule has 0 saturated carbocycles. The Morgan fingerprint density at radius 1 is 0.600 bits per heavy atom. The first-order valence-corrected chi connectivity index (χ1v) is 10.7. The number of methoxy groups -OCH3 is 6. The molecule has 0 N–H and O–H groups in total. The van der Waals surface area contributed by atoms with Gasteiger partial charge < -0.3 is 37.9 Å². The monoisotopic (exact) mass is 486 g/mol. The van der Waals surface area contributed by atoms with Crippen molar-refractivity contribution in [3.63, 3.8) is 0 Å². The van der Waals surface area contributed by atoms with E-state index in [0.29, 0.717) is 45.6 Å². The number of benzene rings is 2. The molecule has 0 unspecified atom stereocenters. The number of carbonyl (C=O) groups is 1. The van der Waals surface area contributed by atoms with Crippen LogP contribution in [0.4, 0.5) is 0 Å². The number of hydrogen-bond acceptors (Lipinski definition) is 9. The molecule has 0 atom stereocenters. The summed E-state index contributed by atoms with van der Waals surface area (Å²) in [6.45, 7) is 3.40. The maximum Gasteiger partial charge on any atom is 0.262 e. The zero-order chi connectivity index (χ0) is 25.8. The molecule has 1 saturated heterocycles. The van der Waals surface area contributed by atoms with Crippen molar-refractivity contribution in [3.8, 4) is 34.5 Å². The van der Waals surface area contributed by atoms with Gasteiger partial charge in [0.2, 0.25) is 5.79 Å². The first-order chi connectivity index (χ1) is 16.7. The predicted octanol–water partition coefficient (Wildman–Crippen LogP) is 4.47. The number of ketones is 1. The second-order valence-electron chi connectivity index (χ2n) is 7.84. The molecule has 35 heavy (non-hydrogen) atoms. The third-order valence-corrected chi connectivity index (χ3v) is 5.22. The zero-order valence-electron chi connectivity index (χ0n) is 21.1. The lowest BCUT2D eigenvalue weighted by atomic mass is 10.1. The van der Waals surface area contributed by atoms with E-state index in [1.165, 1.54) is 28.4 Å². The first kappa shape index (κ1) is 25.6. The molecule has 0 bridgehead atoms. The highest BCUT2D eigenvalue weighted by Crippen LogP contribution is 2.40. The minimum atomic E-state index is -1.15. The van der Waals surface area contributed by atoms with Gasteiger partial charge >= 0.3 is 0 Å². The van der Waals surface area contributed by atoms with Crippen molar-refractivity contribution in [2.24, 2.45) is 0 Å². The summed E-state index contributed by atoms with van der Waals surface area (Å²) in [6.07, 6.45) is 3.11. The predicted molar refractivity (Wildman–Crippen MR) is 129 cm³/mol. The van der Waals surface area contributed by atoms with Crippen molar-refractivity contribution in [1.82, 2.24) is 0 Å². The van der Waals surface area contributed by atoms with Gasteiger partial charge in [0.25, 0.3) is 5.78 Å². The largest absolute Gasteiger partial charge is 0.496 e. The zero-order valence-corrected chi connectivity index (χ0v) is 21.1. The average molecular weight is 487 g/mol. The maximum atomic E-state index is 13.5. The van der Waals surface area contributed by atoms with Crippen LogP contribution in [0.25, 0.3) is 12.2 Å². The van der Waals surface area contributed by atoms with E-state index in [1.807, 2.05) is 0 Å². The van der Waals surface area contributed by atoms with Crippen molar-refractivity contribution >= 4 is 17.9 Å². The van der Waals surface area contributed by atoms with Gasteiger partial charge in [0.1, 0.15) is 34.5 Å². The van der Waals surface area contributed by atoms with Crippen LogP contribution in [-0.2, 0) is 14.3 Å². The van der Waals surface area contributed by atoms with E-state index in [-0.39, 0.29) is 11.5 Å². The topological polar surface area (TPSA) is 90.9 Å². The molecular formula is C26H30O9. The highest BCUT2D eigenvalue weighted by Gasteiger charge is 2.37. The van der Waals surface area contributed by atoms with Crippen LogP contribution in [0, 0.1) is 0 Å². The summed E-state index contributed by atoms with van der Waals surface area (Å²) in [5.74, 6) is 1.31. The van der Waals surface area contributed by atoms with Crippen LogP contribution < -0.4 is 28.4 Å². The fourth-order valence-electron chi connectivity index (χ4n) is 3.57. The molecule has 0 radical (unpaired) electrons. The summed E-state index contributed by atoms with van der Waals surface area (Å²) in [4.78, 5) is 13.5. The van der Waals surface area contributed by atoms with Gasteiger partial charge in [0, 0.05) is 38.1 Å². The van der Waals surface area contributed by atoms with Gasteiger partial charge in [0.15, 0.2) is 11.5 Å². The molecule has 1 aliphatic heterocycles. The number of Topliss-reactive ketones (excluding diaryl/α,β-unsaturated/α-hetero) is 1. The van der Waals surface area contributed by atoms with E-state index in [9.17, 15) is 4.79 Å². The molecule has 0 amide bonds. The molecule has 0 aromatic heterocycles. The lowest BCUT2D eigenvalue weighted by Gasteiger charge is -2.34. The molecule has 0 spiro atoms. The van der Waals surface area contributed by atoms with E-state index in [4.69, 9.17) is 37.9 Å². The van der Waals surface area contributed by atoms with Crippen molar-refractivity contribution in [3.05, 3.63) is 46.9 Å². The highest BCUT2D eigenvalue weighted by atomic mass is 16.7. The van der Waals surface area contributed by atoms with E-state index in [0.717, 1.165) is 0 Å². The van der Waals surface area contributed by atoms with E-state index < -0.39 is 11.6 Å². The van der Waals surface area contributed by atoms with Gasteiger partial charge in [-0.1, -0.05) is 0 Å². The number of carbonyl (C=O) groups excluding carboxylic acids is 1. The normalized spacial score (nSPS) is 16.9. The standard InChI is InChI=1S/C26H30O9/c1-26(2)34-23(13-17-19(30-5)9-15(28-3)10-20(17)31-6)25(27)24(35-26)14-18-21(32-7)11-16(29-4)12-22(18)33-8/h9-14H,1-8H3/b23-13-,24-14-. The summed E-state index contributed by atoms with van der Waals surface area (Å²) < 4.78 is 44.4. The summed E-state index contributed by atoms with van der Waals surface area (Å²) in [6, 6.07) is 6.75. The Labute approximate surface area is 204 Å². The number of hydrogen-bond donors (Lipinski definition) is 0. The fraction of sp³-hybridized carbons (Fsp3) is 0.346. The molecule has 1 heterocycles. The van der Waals surface area contributed by atoms with Crippen LogP contribution in [0.15, 0.2) is 35.8 Å². The molecule has 2 aromatic rings. The minimum absolute atomic E-state index is 0.0423. The third-order valence-electron chi connectivity index (χ3n) is 5.22. The highest BCUT2D eigenvalue weighted by molar-refractivity contribution is 6.11. The summed E-state index contributed by atoms with van der Waals surface area (Å²) >= 11 is 0. The lowest BCUT2D eigenvalue weighted by Crippen LogP contribution is -2.36. The van der Waals surface area contributed by atoms with Crippen LogP contribution in [-0.4, -0.2) is 54.2 Å². The van der Waals surface area contributed by atoms with Crippen molar-refractivity contribution in [1.29, 1.82) is 0 Å². The first-order valence-electron chi connectivity index (χ1n) is 10.7. The molecule has 3 rings (SSSR count). The van der Waals surface area contributed by atoms with Gasteiger partial charge in [-0.3, -0.25) is 4.79 Å². The van der Waals surface area contributed by atoms with E-state index >= 15 is 0 Å². The quantitative estimate of drug-likeness (QED) is 0.501. The summed E-state index contributed by atoms with van der Waals surface area (Å²) in [7, 11) is 9.14. The molecular weight excluding hydrogens is 456 g/mol. The molecule has 188 valence electrons. The fourth-order valence-corrected chi connectivity index (χ4v) is 3.57. The van der Waals surface area contributed by atoms with Crippen LogP contribution in [0.1, 0.15) is 25.0 Å². The van der Waals surface area contributed by atoms with E-state index in [1.54, 1.807) is 64.5 Å². The molecule has 2 aromatic carbocycles. The van der Waals surface area contributed by atoms with E-state index in [2.05, 4.69) is 0 Å². The summed E-state index contributed by atoms with van der Waals surface area (Å²) in [5, 5.41) is 0. The van der Waals surface area contributed by atoms with Gasteiger partial charge in [-0.2, -0.15) is 0 Å². The number of rotatable bonds is 8. The van der Waals surface area contributed by atoms with Crippen molar-refractivity contribution in [2.45, 2.75) is 19.6 Å². The Hall–Kier alpha value is -4.01. The molecule has 9 nitrogen and oxygen atoms in total. The minimum Gasteiger partial charge on any atom is -0.496 e.